The largest absolute Gasteiger partial charge is 0.419 e. The van der Waals surface area contributed by atoms with Gasteiger partial charge in [0.05, 0.1) is 23.5 Å². The molecule has 0 radical (unpaired) electrons. The first kappa shape index (κ1) is 15.9. The van der Waals surface area contributed by atoms with Crippen LogP contribution in [-0.2, 0) is 11.0 Å². The van der Waals surface area contributed by atoms with Gasteiger partial charge in [0.2, 0.25) is 5.91 Å². The van der Waals surface area contributed by atoms with Gasteiger partial charge in [-0.1, -0.05) is 0 Å². The van der Waals surface area contributed by atoms with Crippen LogP contribution in [0.25, 0.3) is 0 Å². The number of nitrogens with zero attached hydrogens (tertiary/aromatic N) is 5. The summed E-state index contributed by atoms with van der Waals surface area (Å²) in [6.07, 6.45) is 1.73. The molecule has 0 saturated carbocycles. The molecule has 4 rings (SSSR count). The molecule has 0 spiro atoms. The summed E-state index contributed by atoms with van der Waals surface area (Å²) >= 11 is 0. The van der Waals surface area contributed by atoms with Crippen molar-refractivity contribution in [2.75, 3.05) is 29.4 Å². The number of carbonyl (C=O) groups is 1. The van der Waals surface area contributed by atoms with Gasteiger partial charge in [0, 0.05) is 38.4 Å². The lowest BCUT2D eigenvalue weighted by atomic mass is 10.1. The van der Waals surface area contributed by atoms with E-state index in [4.69, 9.17) is 0 Å². The number of pyridine rings is 1. The van der Waals surface area contributed by atoms with Gasteiger partial charge in [-0.05, 0) is 18.6 Å². The molecule has 9 heteroatoms. The Balaban J connectivity index is 1.47. The molecule has 2 aromatic rings. The zero-order chi connectivity index (χ0) is 17.6. The minimum atomic E-state index is -4.43. The molecule has 4 heterocycles. The summed E-state index contributed by atoms with van der Waals surface area (Å²) < 4.78 is 41.0. The van der Waals surface area contributed by atoms with Crippen molar-refractivity contribution < 1.29 is 18.0 Å². The fraction of sp³-hybridized carbons (Fsp3) is 0.438. The minimum absolute atomic E-state index is 0.0328. The molecular weight excluding hydrogens is 335 g/mol. The molecule has 2 aromatic heterocycles. The maximum absolute atomic E-state index is 13.1. The molecule has 2 fully saturated rings. The van der Waals surface area contributed by atoms with Crippen LogP contribution in [0.15, 0.2) is 30.7 Å². The van der Waals surface area contributed by atoms with E-state index in [1.165, 1.54) is 12.3 Å². The van der Waals surface area contributed by atoms with E-state index in [1.54, 1.807) is 26.9 Å². The lowest BCUT2D eigenvalue weighted by Gasteiger charge is -2.40. The zero-order valence-electron chi connectivity index (χ0n) is 13.3. The minimum Gasteiger partial charge on any atom is -0.352 e. The first-order valence-corrected chi connectivity index (χ1v) is 8.05. The van der Waals surface area contributed by atoms with Crippen LogP contribution in [0.1, 0.15) is 24.4 Å². The first-order chi connectivity index (χ1) is 11.9. The monoisotopic (exact) mass is 351 g/mol. The van der Waals surface area contributed by atoms with Crippen LogP contribution in [0.2, 0.25) is 0 Å². The third-order valence-electron chi connectivity index (χ3n) is 4.60. The number of rotatable bonds is 3. The summed E-state index contributed by atoms with van der Waals surface area (Å²) in [4.78, 5) is 19.0. The Hall–Kier alpha value is -2.58. The van der Waals surface area contributed by atoms with Crippen molar-refractivity contribution in [3.05, 3.63) is 36.3 Å². The van der Waals surface area contributed by atoms with Gasteiger partial charge < -0.3 is 9.80 Å². The fourth-order valence-corrected chi connectivity index (χ4v) is 3.25. The van der Waals surface area contributed by atoms with E-state index in [2.05, 4.69) is 10.1 Å². The van der Waals surface area contributed by atoms with Gasteiger partial charge in [0.1, 0.15) is 5.82 Å². The molecule has 0 N–H and O–H groups in total. The number of amides is 1. The fourth-order valence-electron chi connectivity index (χ4n) is 3.25. The maximum atomic E-state index is 13.1. The van der Waals surface area contributed by atoms with Gasteiger partial charge in [-0.25, -0.2) is 4.98 Å². The number of carbonyl (C=O) groups excluding carboxylic acids is 1. The van der Waals surface area contributed by atoms with Crippen molar-refractivity contribution in [1.82, 2.24) is 14.8 Å². The van der Waals surface area contributed by atoms with Crippen LogP contribution in [0.4, 0.5) is 24.7 Å². The Morgan fingerprint density at radius 2 is 2.04 bits per heavy atom. The van der Waals surface area contributed by atoms with Crippen molar-refractivity contribution in [2.24, 2.45) is 0 Å². The SMILES string of the molecule is O=C1CCCN1c1cnn(C2CN(c3ncccc3C(F)(F)F)C2)c1. The standard InChI is InChI=1S/C16H16F3N5O/c17-16(18,19)13-3-1-5-20-15(13)22-8-12(9-22)24-10-11(7-21-24)23-6-2-4-14(23)25/h1,3,5,7,10,12H,2,4,6,8-9H2. The predicted octanol–water partition coefficient (Wildman–Crippen LogP) is 2.49. The van der Waals surface area contributed by atoms with Crippen molar-refractivity contribution in [1.29, 1.82) is 0 Å². The number of hydrogen-bond donors (Lipinski definition) is 0. The molecule has 2 saturated heterocycles. The molecule has 0 aliphatic carbocycles. The second-order valence-electron chi connectivity index (χ2n) is 6.26. The van der Waals surface area contributed by atoms with Gasteiger partial charge in [-0.15, -0.1) is 0 Å². The summed E-state index contributed by atoms with van der Waals surface area (Å²) in [6.45, 7) is 1.48. The molecule has 6 nitrogen and oxygen atoms in total. The van der Waals surface area contributed by atoms with Gasteiger partial charge in [-0.3, -0.25) is 9.48 Å². The van der Waals surface area contributed by atoms with Gasteiger partial charge in [0.25, 0.3) is 0 Å². The number of halogens is 3. The second kappa shape index (κ2) is 5.75. The van der Waals surface area contributed by atoms with Crippen LogP contribution in [0.3, 0.4) is 0 Å². The summed E-state index contributed by atoms with van der Waals surface area (Å²) in [7, 11) is 0. The average molecular weight is 351 g/mol. The van der Waals surface area contributed by atoms with E-state index in [0.29, 0.717) is 26.1 Å². The van der Waals surface area contributed by atoms with E-state index in [9.17, 15) is 18.0 Å². The summed E-state index contributed by atoms with van der Waals surface area (Å²) in [5.41, 5.74) is 0.0204. The zero-order valence-corrected chi connectivity index (χ0v) is 13.3. The number of aromatic nitrogens is 3. The molecule has 2 aliphatic rings. The van der Waals surface area contributed by atoms with Gasteiger partial charge in [0.15, 0.2) is 0 Å². The van der Waals surface area contributed by atoms with E-state index in [1.807, 2.05) is 0 Å². The highest BCUT2D eigenvalue weighted by molar-refractivity contribution is 5.95. The van der Waals surface area contributed by atoms with Crippen LogP contribution >= 0.6 is 0 Å². The molecule has 1 amide bonds. The van der Waals surface area contributed by atoms with Crippen LogP contribution in [0.5, 0.6) is 0 Å². The molecule has 0 aromatic carbocycles. The van der Waals surface area contributed by atoms with Crippen LogP contribution in [-0.4, -0.2) is 40.3 Å². The highest BCUT2D eigenvalue weighted by atomic mass is 19.4. The topological polar surface area (TPSA) is 54.3 Å². The smallest absolute Gasteiger partial charge is 0.352 e. The lowest BCUT2D eigenvalue weighted by molar-refractivity contribution is -0.137. The highest BCUT2D eigenvalue weighted by Crippen LogP contribution is 2.38. The molecule has 0 unspecified atom stereocenters. The van der Waals surface area contributed by atoms with Gasteiger partial charge in [-0.2, -0.15) is 18.3 Å². The van der Waals surface area contributed by atoms with Crippen molar-refractivity contribution in [3.8, 4) is 0 Å². The Bertz CT molecular complexity index is 797. The quantitative estimate of drug-likeness (QED) is 0.853. The third-order valence-corrected chi connectivity index (χ3v) is 4.60. The predicted molar refractivity (Wildman–Crippen MR) is 84.3 cm³/mol. The number of hydrogen-bond acceptors (Lipinski definition) is 4. The number of anilines is 2. The molecule has 132 valence electrons. The van der Waals surface area contributed by atoms with E-state index in [-0.39, 0.29) is 17.8 Å². The Morgan fingerprint density at radius 1 is 1.24 bits per heavy atom. The summed E-state index contributed by atoms with van der Waals surface area (Å²) in [5.74, 6) is 0.0337. The molecule has 0 atom stereocenters. The Morgan fingerprint density at radius 3 is 2.72 bits per heavy atom. The third kappa shape index (κ3) is 2.83. The summed E-state index contributed by atoms with van der Waals surface area (Å²) in [5, 5.41) is 4.27. The molecule has 0 bridgehead atoms. The normalized spacial score (nSPS) is 18.8. The average Bonchev–Trinajstić information content (AvgIpc) is 3.14. The molecule has 2 aliphatic heterocycles. The molecule has 25 heavy (non-hydrogen) atoms. The van der Waals surface area contributed by atoms with E-state index >= 15 is 0 Å². The Labute approximate surface area is 141 Å². The van der Waals surface area contributed by atoms with Crippen molar-refractivity contribution >= 4 is 17.4 Å². The summed E-state index contributed by atoms with van der Waals surface area (Å²) in [6, 6.07) is 2.30. The second-order valence-corrected chi connectivity index (χ2v) is 6.26. The van der Waals surface area contributed by atoms with E-state index < -0.39 is 11.7 Å². The first-order valence-electron chi connectivity index (χ1n) is 8.05. The number of alkyl halides is 3. The highest BCUT2D eigenvalue weighted by Gasteiger charge is 2.39. The van der Waals surface area contributed by atoms with Crippen molar-refractivity contribution in [3.63, 3.8) is 0 Å². The van der Waals surface area contributed by atoms with Crippen molar-refractivity contribution in [2.45, 2.75) is 25.1 Å². The lowest BCUT2D eigenvalue weighted by Crippen LogP contribution is -2.49. The Kier molecular flexibility index (Phi) is 3.66. The van der Waals surface area contributed by atoms with Gasteiger partial charge >= 0.3 is 6.18 Å². The van der Waals surface area contributed by atoms with Crippen LogP contribution in [0, 0.1) is 0 Å². The molecular formula is C16H16F3N5O. The van der Waals surface area contributed by atoms with E-state index in [0.717, 1.165) is 18.2 Å². The van der Waals surface area contributed by atoms with Crippen LogP contribution < -0.4 is 9.80 Å². The maximum Gasteiger partial charge on any atom is 0.419 e.